The van der Waals surface area contributed by atoms with E-state index in [0.717, 1.165) is 11.1 Å². The fourth-order valence-electron chi connectivity index (χ4n) is 2.13. The highest BCUT2D eigenvalue weighted by Crippen LogP contribution is 2.22. The predicted molar refractivity (Wildman–Crippen MR) is 77.8 cm³/mol. The van der Waals surface area contributed by atoms with Gasteiger partial charge in [-0.3, -0.25) is 4.79 Å². The molecule has 0 heterocycles. The van der Waals surface area contributed by atoms with E-state index < -0.39 is 5.54 Å². The first-order chi connectivity index (χ1) is 9.41. The molecule has 104 valence electrons. The van der Waals surface area contributed by atoms with Crippen LogP contribution in [0, 0.1) is 12.7 Å². The molecule has 20 heavy (non-hydrogen) atoms. The largest absolute Gasteiger partial charge is 0.315 e. The number of halogens is 1. The quantitative estimate of drug-likeness (QED) is 0.928. The number of rotatable bonds is 4. The summed E-state index contributed by atoms with van der Waals surface area (Å²) in [5.41, 5.74) is 7.44. The summed E-state index contributed by atoms with van der Waals surface area (Å²) >= 11 is 0. The van der Waals surface area contributed by atoms with Crippen molar-refractivity contribution in [2.45, 2.75) is 25.8 Å². The molecule has 0 amide bonds. The summed E-state index contributed by atoms with van der Waals surface area (Å²) in [5, 5.41) is 0. The lowest BCUT2D eigenvalue weighted by Crippen LogP contribution is -2.42. The van der Waals surface area contributed by atoms with Crippen molar-refractivity contribution in [3.05, 3.63) is 71.0 Å². The van der Waals surface area contributed by atoms with Crippen molar-refractivity contribution in [1.29, 1.82) is 0 Å². The molecular formula is C17H18FNO. The maximum absolute atomic E-state index is 13.3. The van der Waals surface area contributed by atoms with Crippen molar-refractivity contribution in [2.75, 3.05) is 0 Å². The Morgan fingerprint density at radius 2 is 1.85 bits per heavy atom. The molecule has 0 saturated carbocycles. The van der Waals surface area contributed by atoms with Crippen molar-refractivity contribution in [2.24, 2.45) is 5.73 Å². The second-order valence-corrected chi connectivity index (χ2v) is 5.24. The molecule has 0 aliphatic carbocycles. The van der Waals surface area contributed by atoms with Crippen LogP contribution in [-0.2, 0) is 16.8 Å². The maximum atomic E-state index is 13.3. The monoisotopic (exact) mass is 271 g/mol. The Morgan fingerprint density at radius 3 is 2.50 bits per heavy atom. The highest BCUT2D eigenvalue weighted by molar-refractivity contribution is 5.90. The van der Waals surface area contributed by atoms with Crippen molar-refractivity contribution in [3.63, 3.8) is 0 Å². The molecule has 1 atom stereocenters. The maximum Gasteiger partial charge on any atom is 0.161 e. The number of carbonyl (C=O) groups is 1. The summed E-state index contributed by atoms with van der Waals surface area (Å²) in [4.78, 5) is 12.5. The smallest absolute Gasteiger partial charge is 0.161 e. The van der Waals surface area contributed by atoms with Crippen LogP contribution in [0.4, 0.5) is 4.39 Å². The third kappa shape index (κ3) is 2.94. The van der Waals surface area contributed by atoms with Crippen LogP contribution in [-0.4, -0.2) is 5.78 Å². The summed E-state index contributed by atoms with van der Waals surface area (Å²) in [6.07, 6.45) is 0.130. The molecule has 2 aromatic rings. The van der Waals surface area contributed by atoms with Gasteiger partial charge >= 0.3 is 0 Å². The van der Waals surface area contributed by atoms with E-state index in [0.29, 0.717) is 5.56 Å². The van der Waals surface area contributed by atoms with Gasteiger partial charge in [0.25, 0.3) is 0 Å². The van der Waals surface area contributed by atoms with Gasteiger partial charge in [0.05, 0.1) is 5.54 Å². The number of hydrogen-bond donors (Lipinski definition) is 1. The minimum absolute atomic E-state index is 0.127. The summed E-state index contributed by atoms with van der Waals surface area (Å²) in [6, 6.07) is 13.7. The molecule has 2 rings (SSSR count). The van der Waals surface area contributed by atoms with E-state index in [-0.39, 0.29) is 18.0 Å². The summed E-state index contributed by atoms with van der Waals surface area (Å²) in [6.45, 7) is 3.55. The van der Waals surface area contributed by atoms with E-state index >= 15 is 0 Å². The summed E-state index contributed by atoms with van der Waals surface area (Å²) in [5.74, 6) is -0.464. The van der Waals surface area contributed by atoms with E-state index in [1.807, 2.05) is 37.3 Å². The van der Waals surface area contributed by atoms with Gasteiger partial charge in [0, 0.05) is 6.42 Å². The molecule has 0 radical (unpaired) electrons. The van der Waals surface area contributed by atoms with Gasteiger partial charge in [-0.15, -0.1) is 0 Å². The number of ketones is 1. The second kappa shape index (κ2) is 5.55. The molecule has 0 aromatic heterocycles. The number of carbonyl (C=O) groups excluding carboxylic acids is 1. The summed E-state index contributed by atoms with van der Waals surface area (Å²) in [7, 11) is 0. The number of nitrogens with two attached hydrogens (primary N) is 1. The Hall–Kier alpha value is -2.00. The van der Waals surface area contributed by atoms with Crippen LogP contribution in [0.3, 0.4) is 0 Å². The van der Waals surface area contributed by atoms with E-state index in [1.165, 1.54) is 12.1 Å². The van der Waals surface area contributed by atoms with E-state index in [2.05, 4.69) is 0 Å². The fraction of sp³-hybridized carbons (Fsp3) is 0.235. The topological polar surface area (TPSA) is 43.1 Å². The molecule has 2 nitrogen and oxygen atoms in total. The van der Waals surface area contributed by atoms with Crippen LogP contribution in [0.1, 0.15) is 23.6 Å². The standard InChI is InChI=1S/C17H18FNO/c1-12-8-9-15(18)10-13(12)11-16(20)17(2,19)14-6-4-3-5-7-14/h3-10H,11,19H2,1-2H3. The molecule has 2 aromatic carbocycles. The first-order valence-corrected chi connectivity index (χ1v) is 6.54. The average molecular weight is 271 g/mol. The average Bonchev–Trinajstić information content (AvgIpc) is 2.43. The number of Topliss-reactive ketones (excluding diaryl/α,β-unsaturated/α-hetero) is 1. The second-order valence-electron chi connectivity index (χ2n) is 5.24. The van der Waals surface area contributed by atoms with E-state index in [4.69, 9.17) is 5.73 Å². The highest BCUT2D eigenvalue weighted by atomic mass is 19.1. The number of aryl methyl sites for hydroxylation is 1. The molecule has 0 aliphatic heterocycles. The first kappa shape index (κ1) is 14.4. The summed E-state index contributed by atoms with van der Waals surface area (Å²) < 4.78 is 13.3. The molecular weight excluding hydrogens is 253 g/mol. The molecule has 0 saturated heterocycles. The van der Waals surface area contributed by atoms with Crippen molar-refractivity contribution in [1.82, 2.24) is 0 Å². The molecule has 0 aliphatic rings. The lowest BCUT2D eigenvalue weighted by atomic mass is 9.85. The Morgan fingerprint density at radius 1 is 1.20 bits per heavy atom. The lowest BCUT2D eigenvalue weighted by Gasteiger charge is -2.24. The minimum atomic E-state index is -1.07. The van der Waals surface area contributed by atoms with Gasteiger partial charge in [0.2, 0.25) is 0 Å². The van der Waals surface area contributed by atoms with Crippen LogP contribution in [0.5, 0.6) is 0 Å². The molecule has 0 spiro atoms. The lowest BCUT2D eigenvalue weighted by molar-refractivity contribution is -0.123. The highest BCUT2D eigenvalue weighted by Gasteiger charge is 2.30. The predicted octanol–water partition coefficient (Wildman–Crippen LogP) is 3.12. The Kier molecular flexibility index (Phi) is 4.00. The van der Waals surface area contributed by atoms with Gasteiger partial charge in [-0.2, -0.15) is 0 Å². The third-order valence-electron chi connectivity index (χ3n) is 3.61. The van der Waals surface area contributed by atoms with E-state index in [9.17, 15) is 9.18 Å². The van der Waals surface area contributed by atoms with Crippen molar-refractivity contribution >= 4 is 5.78 Å². The molecule has 0 fully saturated rings. The number of hydrogen-bond acceptors (Lipinski definition) is 2. The van der Waals surface area contributed by atoms with Crippen LogP contribution in [0.2, 0.25) is 0 Å². The minimum Gasteiger partial charge on any atom is -0.315 e. The third-order valence-corrected chi connectivity index (χ3v) is 3.61. The van der Waals surface area contributed by atoms with Gasteiger partial charge in [-0.25, -0.2) is 4.39 Å². The van der Waals surface area contributed by atoms with Gasteiger partial charge in [-0.05, 0) is 42.7 Å². The molecule has 2 N–H and O–H groups in total. The van der Waals surface area contributed by atoms with E-state index in [1.54, 1.807) is 13.0 Å². The Bertz CT molecular complexity index is 620. The zero-order chi connectivity index (χ0) is 14.8. The van der Waals surface area contributed by atoms with Crippen LogP contribution >= 0.6 is 0 Å². The Balaban J connectivity index is 2.26. The van der Waals surface area contributed by atoms with Gasteiger partial charge in [-0.1, -0.05) is 36.4 Å². The Labute approximate surface area is 118 Å². The van der Waals surface area contributed by atoms with Crippen LogP contribution in [0.15, 0.2) is 48.5 Å². The molecule has 1 unspecified atom stereocenters. The van der Waals surface area contributed by atoms with Gasteiger partial charge < -0.3 is 5.73 Å². The van der Waals surface area contributed by atoms with Crippen molar-refractivity contribution in [3.8, 4) is 0 Å². The normalized spacial score (nSPS) is 13.8. The first-order valence-electron chi connectivity index (χ1n) is 6.54. The fourth-order valence-corrected chi connectivity index (χ4v) is 2.13. The van der Waals surface area contributed by atoms with Gasteiger partial charge in [0.1, 0.15) is 5.82 Å². The van der Waals surface area contributed by atoms with Gasteiger partial charge in [0.15, 0.2) is 5.78 Å². The van der Waals surface area contributed by atoms with Crippen LogP contribution in [0.25, 0.3) is 0 Å². The zero-order valence-corrected chi connectivity index (χ0v) is 11.7. The zero-order valence-electron chi connectivity index (χ0n) is 11.7. The van der Waals surface area contributed by atoms with Crippen LogP contribution < -0.4 is 5.73 Å². The number of benzene rings is 2. The molecule has 3 heteroatoms. The van der Waals surface area contributed by atoms with Crippen molar-refractivity contribution < 1.29 is 9.18 Å². The SMILES string of the molecule is Cc1ccc(F)cc1CC(=O)C(C)(N)c1ccccc1. The molecule has 0 bridgehead atoms.